The zero-order chi connectivity index (χ0) is 15.0. The minimum atomic E-state index is -0.572. The number of nitrogens with two attached hydrogens (primary N) is 1. The Morgan fingerprint density at radius 3 is 2.32 bits per heavy atom. The predicted octanol–water partition coefficient (Wildman–Crippen LogP) is -0.0770. The van der Waals surface area contributed by atoms with Gasteiger partial charge in [-0.1, -0.05) is 20.3 Å². The van der Waals surface area contributed by atoms with Crippen LogP contribution in [0, 0.1) is 5.92 Å². The van der Waals surface area contributed by atoms with E-state index in [0.717, 1.165) is 6.42 Å². The molecular formula is C13H27N3O3. The summed E-state index contributed by atoms with van der Waals surface area (Å²) in [5.74, 6) is -0.227. The summed E-state index contributed by atoms with van der Waals surface area (Å²) in [5, 5.41) is 0. The number of ether oxygens (including phenoxy) is 1. The second kappa shape index (κ2) is 8.87. The van der Waals surface area contributed by atoms with Gasteiger partial charge in [0.2, 0.25) is 11.8 Å². The highest BCUT2D eigenvalue weighted by Crippen LogP contribution is 2.08. The van der Waals surface area contributed by atoms with E-state index in [1.54, 1.807) is 21.2 Å². The number of likely N-dealkylation sites (N-methyl/N-ethyl adjacent to an activating group) is 1. The van der Waals surface area contributed by atoms with Crippen molar-refractivity contribution in [3.8, 4) is 0 Å². The molecule has 6 heteroatoms. The van der Waals surface area contributed by atoms with Crippen LogP contribution in [0.5, 0.6) is 0 Å². The average molecular weight is 273 g/mol. The van der Waals surface area contributed by atoms with Crippen LogP contribution in [0.4, 0.5) is 0 Å². The highest BCUT2D eigenvalue weighted by atomic mass is 16.5. The molecule has 0 aliphatic rings. The lowest BCUT2D eigenvalue weighted by molar-refractivity contribution is -0.141. The minimum absolute atomic E-state index is 0.0410. The Morgan fingerprint density at radius 1 is 1.32 bits per heavy atom. The van der Waals surface area contributed by atoms with Gasteiger partial charge >= 0.3 is 0 Å². The van der Waals surface area contributed by atoms with E-state index < -0.39 is 6.04 Å². The van der Waals surface area contributed by atoms with Crippen LogP contribution in [0.2, 0.25) is 0 Å². The summed E-state index contributed by atoms with van der Waals surface area (Å²) in [6.45, 7) is 4.73. The van der Waals surface area contributed by atoms with Gasteiger partial charge in [-0.25, -0.2) is 0 Å². The quantitative estimate of drug-likeness (QED) is 0.671. The number of amides is 2. The molecular weight excluding hydrogens is 246 g/mol. The molecule has 0 heterocycles. The molecule has 0 rings (SSSR count). The van der Waals surface area contributed by atoms with Gasteiger partial charge in [0.25, 0.3) is 0 Å². The fraction of sp³-hybridized carbons (Fsp3) is 0.846. The Morgan fingerprint density at radius 2 is 1.89 bits per heavy atom. The number of methoxy groups -OCH3 is 1. The maximum absolute atomic E-state index is 12.3. The Labute approximate surface area is 115 Å². The largest absolute Gasteiger partial charge is 0.383 e. The van der Waals surface area contributed by atoms with E-state index in [4.69, 9.17) is 10.5 Å². The first-order valence-electron chi connectivity index (χ1n) is 6.58. The monoisotopic (exact) mass is 273 g/mol. The molecule has 0 aromatic carbocycles. The second-order valence-corrected chi connectivity index (χ2v) is 4.95. The lowest BCUT2D eigenvalue weighted by atomic mass is 9.99. The van der Waals surface area contributed by atoms with Gasteiger partial charge in [0.15, 0.2) is 0 Å². The minimum Gasteiger partial charge on any atom is -0.383 e. The lowest BCUT2D eigenvalue weighted by Crippen LogP contribution is -2.50. The molecule has 2 N–H and O–H groups in total. The van der Waals surface area contributed by atoms with Crippen molar-refractivity contribution in [2.24, 2.45) is 11.7 Å². The van der Waals surface area contributed by atoms with Crippen LogP contribution in [-0.4, -0.2) is 68.6 Å². The molecule has 0 saturated heterocycles. The van der Waals surface area contributed by atoms with Gasteiger partial charge in [-0.15, -0.1) is 0 Å². The molecule has 0 spiro atoms. The van der Waals surface area contributed by atoms with Crippen LogP contribution in [0.15, 0.2) is 0 Å². The standard InChI is InChI=1S/C13H27N3O3/c1-6-10(2)12(14)13(18)16(7-8-19-5)9-11(17)15(3)4/h10,12H,6-9,14H2,1-5H3/t10?,12-/m0/s1. The van der Waals surface area contributed by atoms with Gasteiger partial charge < -0.3 is 20.3 Å². The highest BCUT2D eigenvalue weighted by Gasteiger charge is 2.26. The molecule has 2 amide bonds. The van der Waals surface area contributed by atoms with Gasteiger partial charge in [-0.3, -0.25) is 9.59 Å². The number of carbonyl (C=O) groups excluding carboxylic acids is 2. The van der Waals surface area contributed by atoms with Crippen LogP contribution >= 0.6 is 0 Å². The van der Waals surface area contributed by atoms with Crippen molar-refractivity contribution in [3.05, 3.63) is 0 Å². The Hall–Kier alpha value is -1.14. The van der Waals surface area contributed by atoms with Crippen molar-refractivity contribution in [3.63, 3.8) is 0 Å². The van der Waals surface area contributed by atoms with E-state index in [1.807, 2.05) is 13.8 Å². The van der Waals surface area contributed by atoms with E-state index in [9.17, 15) is 9.59 Å². The molecule has 0 aromatic rings. The predicted molar refractivity (Wildman–Crippen MR) is 74.6 cm³/mol. The maximum atomic E-state index is 12.3. The van der Waals surface area contributed by atoms with E-state index in [-0.39, 0.29) is 24.3 Å². The topological polar surface area (TPSA) is 75.9 Å². The Kier molecular flexibility index (Phi) is 8.34. The van der Waals surface area contributed by atoms with Gasteiger partial charge in [0.05, 0.1) is 19.2 Å². The van der Waals surface area contributed by atoms with Crippen LogP contribution in [0.1, 0.15) is 20.3 Å². The first-order chi connectivity index (χ1) is 8.84. The molecule has 2 atom stereocenters. The first kappa shape index (κ1) is 17.9. The van der Waals surface area contributed by atoms with E-state index >= 15 is 0 Å². The van der Waals surface area contributed by atoms with E-state index in [0.29, 0.717) is 13.2 Å². The highest BCUT2D eigenvalue weighted by molar-refractivity contribution is 5.87. The molecule has 6 nitrogen and oxygen atoms in total. The molecule has 0 aliphatic heterocycles. The van der Waals surface area contributed by atoms with Gasteiger partial charge in [-0.2, -0.15) is 0 Å². The summed E-state index contributed by atoms with van der Waals surface area (Å²) in [5.41, 5.74) is 5.94. The van der Waals surface area contributed by atoms with E-state index in [1.165, 1.54) is 9.80 Å². The van der Waals surface area contributed by atoms with Crippen molar-refractivity contribution in [1.82, 2.24) is 9.80 Å². The molecule has 0 saturated carbocycles. The zero-order valence-electron chi connectivity index (χ0n) is 12.7. The Bertz CT molecular complexity index is 295. The fourth-order valence-electron chi connectivity index (χ4n) is 1.48. The van der Waals surface area contributed by atoms with Gasteiger partial charge in [0.1, 0.15) is 0 Å². The molecule has 0 aliphatic carbocycles. The van der Waals surface area contributed by atoms with Crippen LogP contribution in [0.3, 0.4) is 0 Å². The van der Waals surface area contributed by atoms with E-state index in [2.05, 4.69) is 0 Å². The van der Waals surface area contributed by atoms with Crippen molar-refractivity contribution in [2.75, 3.05) is 40.9 Å². The SMILES string of the molecule is CCC(C)[C@H](N)C(=O)N(CCOC)CC(=O)N(C)C. The van der Waals surface area contributed by atoms with Gasteiger partial charge in [0, 0.05) is 27.7 Å². The summed E-state index contributed by atoms with van der Waals surface area (Å²) in [7, 11) is 4.89. The number of carbonyl (C=O) groups is 2. The number of nitrogens with zero attached hydrogens (tertiary/aromatic N) is 2. The lowest BCUT2D eigenvalue weighted by Gasteiger charge is -2.28. The molecule has 0 bridgehead atoms. The fourth-order valence-corrected chi connectivity index (χ4v) is 1.48. The summed E-state index contributed by atoms with van der Waals surface area (Å²) >= 11 is 0. The second-order valence-electron chi connectivity index (χ2n) is 4.95. The third-order valence-corrected chi connectivity index (χ3v) is 3.24. The van der Waals surface area contributed by atoms with Crippen LogP contribution in [-0.2, 0) is 14.3 Å². The molecule has 112 valence electrons. The Balaban J connectivity index is 4.73. The van der Waals surface area contributed by atoms with Crippen molar-refractivity contribution in [1.29, 1.82) is 0 Å². The van der Waals surface area contributed by atoms with Crippen LogP contribution in [0.25, 0.3) is 0 Å². The number of rotatable bonds is 8. The third kappa shape index (κ3) is 6.02. The van der Waals surface area contributed by atoms with Crippen molar-refractivity contribution >= 4 is 11.8 Å². The maximum Gasteiger partial charge on any atom is 0.241 e. The zero-order valence-corrected chi connectivity index (χ0v) is 12.7. The smallest absolute Gasteiger partial charge is 0.241 e. The summed E-state index contributed by atoms with van der Waals surface area (Å²) in [6, 6.07) is -0.572. The van der Waals surface area contributed by atoms with Crippen molar-refractivity contribution < 1.29 is 14.3 Å². The molecule has 0 fully saturated rings. The van der Waals surface area contributed by atoms with Gasteiger partial charge in [-0.05, 0) is 5.92 Å². The molecule has 0 aromatic heterocycles. The van der Waals surface area contributed by atoms with Crippen molar-refractivity contribution in [2.45, 2.75) is 26.3 Å². The normalized spacial score (nSPS) is 13.8. The molecule has 1 unspecified atom stereocenters. The molecule has 0 radical (unpaired) electrons. The number of hydrogen-bond acceptors (Lipinski definition) is 4. The first-order valence-corrected chi connectivity index (χ1v) is 6.58. The number of hydrogen-bond donors (Lipinski definition) is 1. The summed E-state index contributed by atoms with van der Waals surface area (Å²) in [6.07, 6.45) is 0.826. The summed E-state index contributed by atoms with van der Waals surface area (Å²) in [4.78, 5) is 27.0. The average Bonchev–Trinajstić information content (AvgIpc) is 2.40. The van der Waals surface area contributed by atoms with Crippen LogP contribution < -0.4 is 5.73 Å². The summed E-state index contributed by atoms with van der Waals surface area (Å²) < 4.78 is 4.97. The molecule has 19 heavy (non-hydrogen) atoms. The third-order valence-electron chi connectivity index (χ3n) is 3.24.